The minimum absolute atomic E-state index is 0.0651. The lowest BCUT2D eigenvalue weighted by molar-refractivity contribution is 0.296. The molecule has 0 saturated heterocycles. The highest BCUT2D eigenvalue weighted by Crippen LogP contribution is 2.31. The second-order valence-electron chi connectivity index (χ2n) is 4.73. The number of oxime groups is 1. The lowest BCUT2D eigenvalue weighted by Gasteiger charge is -2.34. The number of nitrogens with zero attached hydrogens (tertiary/aromatic N) is 2. The van der Waals surface area contributed by atoms with Gasteiger partial charge in [0, 0.05) is 23.2 Å². The molecule has 0 amide bonds. The molecule has 5 nitrogen and oxygen atoms in total. The van der Waals surface area contributed by atoms with Crippen molar-refractivity contribution in [1.29, 1.82) is 0 Å². The van der Waals surface area contributed by atoms with Crippen LogP contribution in [0.4, 0.5) is 5.69 Å². The van der Waals surface area contributed by atoms with Crippen molar-refractivity contribution in [2.24, 2.45) is 10.9 Å². The van der Waals surface area contributed by atoms with Gasteiger partial charge in [0.15, 0.2) is 5.84 Å². The van der Waals surface area contributed by atoms with Crippen molar-refractivity contribution in [2.75, 3.05) is 24.3 Å². The number of amidine groups is 1. The van der Waals surface area contributed by atoms with Gasteiger partial charge < -0.3 is 20.9 Å². The minimum atomic E-state index is 0.0651. The minimum Gasteiger partial charge on any atom is -0.409 e. The highest BCUT2D eigenvalue weighted by atomic mass is 32.2. The summed E-state index contributed by atoms with van der Waals surface area (Å²) in [5, 5.41) is 21.6. The molecule has 0 atom stereocenters. The molecule has 0 aliphatic heterocycles. The van der Waals surface area contributed by atoms with Crippen LogP contribution in [0.25, 0.3) is 0 Å². The first-order valence-electron chi connectivity index (χ1n) is 7.16. The third-order valence-corrected chi connectivity index (χ3v) is 4.40. The summed E-state index contributed by atoms with van der Waals surface area (Å²) in [6.45, 7) is 4.84. The summed E-state index contributed by atoms with van der Waals surface area (Å²) in [6, 6.07) is 6.17. The molecule has 0 bridgehead atoms. The van der Waals surface area contributed by atoms with Crippen molar-refractivity contribution in [3.63, 3.8) is 0 Å². The van der Waals surface area contributed by atoms with Crippen LogP contribution in [0.5, 0.6) is 0 Å². The fourth-order valence-electron chi connectivity index (χ4n) is 2.57. The Balaban J connectivity index is 3.43. The number of thioether (sulfide) groups is 1. The second-order valence-corrected chi connectivity index (χ2v) is 5.58. The third kappa shape index (κ3) is 4.04. The molecule has 118 valence electrons. The van der Waals surface area contributed by atoms with Crippen LogP contribution in [-0.2, 0) is 0 Å². The summed E-state index contributed by atoms with van der Waals surface area (Å²) in [5.41, 5.74) is 7.52. The van der Waals surface area contributed by atoms with E-state index in [0.717, 1.165) is 29.0 Å². The van der Waals surface area contributed by atoms with E-state index in [0.29, 0.717) is 12.6 Å². The molecule has 0 spiro atoms. The van der Waals surface area contributed by atoms with Gasteiger partial charge >= 0.3 is 0 Å². The molecule has 0 heterocycles. The van der Waals surface area contributed by atoms with Gasteiger partial charge in [-0.25, -0.2) is 0 Å². The first-order valence-corrected chi connectivity index (χ1v) is 8.39. The molecule has 0 fully saturated rings. The summed E-state index contributed by atoms with van der Waals surface area (Å²) in [7, 11) is 0. The quantitative estimate of drug-likeness (QED) is 0.226. The zero-order valence-electron chi connectivity index (χ0n) is 12.9. The van der Waals surface area contributed by atoms with Crippen molar-refractivity contribution in [1.82, 2.24) is 0 Å². The van der Waals surface area contributed by atoms with Gasteiger partial charge in [0.05, 0.1) is 12.2 Å². The van der Waals surface area contributed by atoms with E-state index in [-0.39, 0.29) is 12.4 Å². The maximum Gasteiger partial charge on any atom is 0.173 e. The molecule has 0 aromatic heterocycles. The maximum atomic E-state index is 9.39. The van der Waals surface area contributed by atoms with E-state index in [1.165, 1.54) is 0 Å². The number of benzene rings is 1. The zero-order valence-corrected chi connectivity index (χ0v) is 13.7. The monoisotopic (exact) mass is 311 g/mol. The van der Waals surface area contributed by atoms with Crippen LogP contribution >= 0.6 is 11.8 Å². The maximum absolute atomic E-state index is 9.39. The van der Waals surface area contributed by atoms with Gasteiger partial charge in [-0.15, -0.1) is 11.8 Å². The molecule has 0 unspecified atom stereocenters. The molecular weight excluding hydrogens is 286 g/mol. The predicted octanol–water partition coefficient (Wildman–Crippen LogP) is 2.49. The molecule has 0 aliphatic carbocycles. The number of nitrogens with two attached hydrogens (primary N) is 1. The summed E-state index contributed by atoms with van der Waals surface area (Å²) in [4.78, 5) is 3.10. The standard InChI is InChI=1S/C15H25N3O2S/c1-4-11(5-2)18(9-10-19)12-7-6-8-13(21-3)14(12)15(16)17-20/h6-8,11,19-20H,4-5,9-10H2,1-3H3,(H2,16,17). The Kier molecular flexibility index (Phi) is 7.39. The Morgan fingerprint density at radius 1 is 1.38 bits per heavy atom. The predicted molar refractivity (Wildman–Crippen MR) is 89.5 cm³/mol. The molecule has 21 heavy (non-hydrogen) atoms. The SMILES string of the molecule is CCC(CC)N(CCO)c1cccc(SC)c1/C(N)=N/O. The second kappa shape index (κ2) is 8.79. The lowest BCUT2D eigenvalue weighted by Crippen LogP contribution is -2.38. The van der Waals surface area contributed by atoms with Crippen LogP contribution in [0.15, 0.2) is 28.3 Å². The van der Waals surface area contributed by atoms with Crippen LogP contribution in [0.2, 0.25) is 0 Å². The van der Waals surface area contributed by atoms with Crippen LogP contribution in [0.3, 0.4) is 0 Å². The van der Waals surface area contributed by atoms with E-state index in [4.69, 9.17) is 10.9 Å². The van der Waals surface area contributed by atoms with Crippen molar-refractivity contribution < 1.29 is 10.3 Å². The number of aliphatic hydroxyl groups is 1. The van der Waals surface area contributed by atoms with Gasteiger partial charge in [0.25, 0.3) is 0 Å². The van der Waals surface area contributed by atoms with E-state index in [9.17, 15) is 5.11 Å². The molecule has 6 heteroatoms. The van der Waals surface area contributed by atoms with Crippen molar-refractivity contribution in [2.45, 2.75) is 37.6 Å². The van der Waals surface area contributed by atoms with E-state index >= 15 is 0 Å². The van der Waals surface area contributed by atoms with Gasteiger partial charge in [-0.2, -0.15) is 0 Å². The third-order valence-electron chi connectivity index (χ3n) is 3.62. The molecule has 0 saturated carbocycles. The van der Waals surface area contributed by atoms with Crippen LogP contribution < -0.4 is 10.6 Å². The van der Waals surface area contributed by atoms with E-state index in [2.05, 4.69) is 23.9 Å². The molecule has 1 aromatic carbocycles. The van der Waals surface area contributed by atoms with Crippen molar-refractivity contribution in [3.05, 3.63) is 23.8 Å². The molecular formula is C15H25N3O2S. The number of hydrogen-bond donors (Lipinski definition) is 3. The average molecular weight is 311 g/mol. The topological polar surface area (TPSA) is 82.1 Å². The fraction of sp³-hybridized carbons (Fsp3) is 0.533. The van der Waals surface area contributed by atoms with Crippen LogP contribution in [0.1, 0.15) is 32.3 Å². The number of anilines is 1. The lowest BCUT2D eigenvalue weighted by atomic mass is 10.1. The van der Waals surface area contributed by atoms with Crippen molar-refractivity contribution >= 4 is 23.3 Å². The summed E-state index contributed by atoms with van der Waals surface area (Å²) in [5.74, 6) is 0.101. The normalized spacial score (nSPS) is 12.0. The highest BCUT2D eigenvalue weighted by molar-refractivity contribution is 7.98. The highest BCUT2D eigenvalue weighted by Gasteiger charge is 2.21. The van der Waals surface area contributed by atoms with Crippen molar-refractivity contribution in [3.8, 4) is 0 Å². The number of rotatable bonds is 8. The van der Waals surface area contributed by atoms with Crippen LogP contribution in [0, 0.1) is 0 Å². The Hall–Kier alpha value is -1.40. The zero-order chi connectivity index (χ0) is 15.8. The number of aliphatic hydroxyl groups excluding tert-OH is 1. The Morgan fingerprint density at radius 2 is 2.05 bits per heavy atom. The first-order chi connectivity index (χ1) is 10.1. The Labute approximate surface area is 130 Å². The van der Waals surface area contributed by atoms with Gasteiger partial charge in [-0.05, 0) is 31.2 Å². The Bertz CT molecular complexity index is 476. The van der Waals surface area contributed by atoms with Crippen LogP contribution in [-0.4, -0.2) is 41.6 Å². The number of hydrogen-bond acceptors (Lipinski definition) is 5. The van der Waals surface area contributed by atoms with Gasteiger partial charge in [-0.3, -0.25) is 0 Å². The van der Waals surface area contributed by atoms with Gasteiger partial charge in [-0.1, -0.05) is 25.1 Å². The molecule has 1 aromatic rings. The summed E-state index contributed by atoms with van der Waals surface area (Å²) in [6.07, 6.45) is 3.89. The summed E-state index contributed by atoms with van der Waals surface area (Å²) < 4.78 is 0. The molecule has 4 N–H and O–H groups in total. The molecule has 0 aliphatic rings. The van der Waals surface area contributed by atoms with E-state index in [1.54, 1.807) is 11.8 Å². The van der Waals surface area contributed by atoms with E-state index < -0.39 is 0 Å². The average Bonchev–Trinajstić information content (AvgIpc) is 2.53. The van der Waals surface area contributed by atoms with Gasteiger partial charge in [0.1, 0.15) is 0 Å². The smallest absolute Gasteiger partial charge is 0.173 e. The Morgan fingerprint density at radius 3 is 2.52 bits per heavy atom. The largest absolute Gasteiger partial charge is 0.409 e. The molecule has 0 radical (unpaired) electrons. The van der Waals surface area contributed by atoms with Gasteiger partial charge in [0.2, 0.25) is 0 Å². The summed E-state index contributed by atoms with van der Waals surface area (Å²) >= 11 is 1.55. The fourth-order valence-corrected chi connectivity index (χ4v) is 3.20. The first kappa shape index (κ1) is 17.7. The molecule has 1 rings (SSSR count). The van der Waals surface area contributed by atoms with E-state index in [1.807, 2.05) is 24.5 Å².